The van der Waals surface area contributed by atoms with E-state index in [1.54, 1.807) is 0 Å². The van der Waals surface area contributed by atoms with Crippen LogP contribution >= 0.6 is 11.8 Å². The number of nitrogens with one attached hydrogen (secondary N) is 1. The van der Waals surface area contributed by atoms with Crippen molar-refractivity contribution in [1.29, 1.82) is 0 Å². The number of carbonyl (C=O) groups excluding carboxylic acids is 1. The number of benzene rings is 2. The van der Waals surface area contributed by atoms with Gasteiger partial charge in [0.05, 0.1) is 12.4 Å². The number of hydrogen-bond donors (Lipinski definition) is 1. The number of aromatic nitrogens is 2. The lowest BCUT2D eigenvalue weighted by Gasteiger charge is -2.10. The molecule has 1 atom stereocenters. The number of carbonyl (C=O) groups is 1. The number of nitrogens with zero attached hydrogens (tertiary/aromatic N) is 2. The molecule has 29 heavy (non-hydrogen) atoms. The normalized spacial score (nSPS) is 11.8. The summed E-state index contributed by atoms with van der Waals surface area (Å²) in [4.78, 5) is 12.2. The fraction of sp³-hybridized carbons (Fsp3) is 0.318. The molecule has 3 aromatic rings. The van der Waals surface area contributed by atoms with Crippen LogP contribution < -0.4 is 10.1 Å². The van der Waals surface area contributed by atoms with Gasteiger partial charge in [0.15, 0.2) is 0 Å². The molecular weight excluding hydrogens is 386 g/mol. The number of ether oxygens (including phenoxy) is 1. The standard InChI is InChI=1S/C22H25N3O3S/c1-4-15(3)16-6-10-18(11-7-16)23-20(26)14-29-22-25-24-21(28-22)17-8-12-19(13-9-17)27-5-2/h6-13,15H,4-5,14H2,1-3H3,(H,23,26)/t15-/m1/s1. The maximum Gasteiger partial charge on any atom is 0.277 e. The average molecular weight is 412 g/mol. The third kappa shape index (κ3) is 5.84. The molecule has 0 saturated heterocycles. The van der Waals surface area contributed by atoms with E-state index in [9.17, 15) is 4.79 Å². The molecule has 2 aromatic carbocycles. The maximum absolute atomic E-state index is 12.2. The van der Waals surface area contributed by atoms with E-state index in [2.05, 4.69) is 41.5 Å². The van der Waals surface area contributed by atoms with Gasteiger partial charge in [-0.3, -0.25) is 4.79 Å². The first-order chi connectivity index (χ1) is 14.1. The molecule has 0 radical (unpaired) electrons. The highest BCUT2D eigenvalue weighted by molar-refractivity contribution is 7.99. The minimum absolute atomic E-state index is 0.118. The van der Waals surface area contributed by atoms with E-state index in [1.165, 1.54) is 17.3 Å². The van der Waals surface area contributed by atoms with Gasteiger partial charge in [-0.1, -0.05) is 37.7 Å². The highest BCUT2D eigenvalue weighted by Crippen LogP contribution is 2.25. The molecule has 1 amide bonds. The summed E-state index contributed by atoms with van der Waals surface area (Å²) in [6, 6.07) is 15.4. The van der Waals surface area contributed by atoms with Gasteiger partial charge in [0.2, 0.25) is 11.8 Å². The fourth-order valence-corrected chi connectivity index (χ4v) is 3.26. The largest absolute Gasteiger partial charge is 0.494 e. The van der Waals surface area contributed by atoms with Crippen LogP contribution in [0.15, 0.2) is 58.2 Å². The predicted molar refractivity (Wildman–Crippen MR) is 115 cm³/mol. The molecular formula is C22H25N3O3S. The molecule has 1 aromatic heterocycles. The Hall–Kier alpha value is -2.80. The average Bonchev–Trinajstić information content (AvgIpc) is 3.22. The minimum Gasteiger partial charge on any atom is -0.494 e. The van der Waals surface area contributed by atoms with Gasteiger partial charge in [-0.05, 0) is 61.2 Å². The lowest BCUT2D eigenvalue weighted by molar-refractivity contribution is -0.113. The van der Waals surface area contributed by atoms with E-state index < -0.39 is 0 Å². The van der Waals surface area contributed by atoms with Crippen molar-refractivity contribution in [2.24, 2.45) is 0 Å². The quantitative estimate of drug-likeness (QED) is 0.476. The summed E-state index contributed by atoms with van der Waals surface area (Å²) in [7, 11) is 0. The number of rotatable bonds is 9. The van der Waals surface area contributed by atoms with Crippen LogP contribution in [0.4, 0.5) is 5.69 Å². The van der Waals surface area contributed by atoms with E-state index in [1.807, 2.05) is 43.3 Å². The molecule has 0 spiro atoms. The van der Waals surface area contributed by atoms with Gasteiger partial charge in [0.1, 0.15) is 5.75 Å². The van der Waals surface area contributed by atoms with Crippen molar-refractivity contribution >= 4 is 23.4 Å². The van der Waals surface area contributed by atoms with Crippen LogP contribution in [0, 0.1) is 0 Å². The molecule has 0 aliphatic heterocycles. The van der Waals surface area contributed by atoms with Crippen LogP contribution in [-0.2, 0) is 4.79 Å². The Bertz CT molecular complexity index is 923. The third-order valence-corrected chi connectivity index (χ3v) is 5.34. The van der Waals surface area contributed by atoms with Crippen molar-refractivity contribution < 1.29 is 13.9 Å². The van der Waals surface area contributed by atoms with Gasteiger partial charge in [-0.15, -0.1) is 10.2 Å². The monoisotopic (exact) mass is 411 g/mol. The molecule has 1 heterocycles. The Kier molecular flexibility index (Phi) is 7.30. The first-order valence-corrected chi connectivity index (χ1v) is 10.7. The highest BCUT2D eigenvalue weighted by Gasteiger charge is 2.12. The van der Waals surface area contributed by atoms with Crippen molar-refractivity contribution in [2.75, 3.05) is 17.7 Å². The van der Waals surface area contributed by atoms with Crippen LogP contribution in [0.5, 0.6) is 5.75 Å². The minimum atomic E-state index is -0.118. The summed E-state index contributed by atoms with van der Waals surface area (Å²) in [5, 5.41) is 11.3. The lowest BCUT2D eigenvalue weighted by Crippen LogP contribution is -2.14. The second-order valence-electron chi connectivity index (χ2n) is 6.60. The first kappa shape index (κ1) is 20.9. The molecule has 0 bridgehead atoms. The molecule has 0 saturated carbocycles. The molecule has 152 valence electrons. The van der Waals surface area contributed by atoms with E-state index in [4.69, 9.17) is 9.15 Å². The summed E-state index contributed by atoms with van der Waals surface area (Å²) in [5.41, 5.74) is 2.86. The Morgan fingerprint density at radius 2 is 1.83 bits per heavy atom. The van der Waals surface area contributed by atoms with Crippen molar-refractivity contribution in [3.05, 3.63) is 54.1 Å². The first-order valence-electron chi connectivity index (χ1n) is 9.68. The van der Waals surface area contributed by atoms with Gasteiger partial charge in [-0.25, -0.2) is 0 Å². The zero-order chi connectivity index (χ0) is 20.6. The van der Waals surface area contributed by atoms with E-state index >= 15 is 0 Å². The molecule has 3 rings (SSSR count). The molecule has 0 fully saturated rings. The van der Waals surface area contributed by atoms with Crippen molar-refractivity contribution in [1.82, 2.24) is 10.2 Å². The third-order valence-electron chi connectivity index (χ3n) is 4.52. The topological polar surface area (TPSA) is 77.2 Å². The van der Waals surface area contributed by atoms with Gasteiger partial charge >= 0.3 is 0 Å². The van der Waals surface area contributed by atoms with Gasteiger partial charge in [-0.2, -0.15) is 0 Å². The number of amides is 1. The number of hydrogen-bond acceptors (Lipinski definition) is 6. The summed E-state index contributed by atoms with van der Waals surface area (Å²) in [5.74, 6) is 1.79. The van der Waals surface area contributed by atoms with E-state index in [0.29, 0.717) is 23.6 Å². The Morgan fingerprint density at radius 1 is 1.10 bits per heavy atom. The maximum atomic E-state index is 12.2. The summed E-state index contributed by atoms with van der Waals surface area (Å²) >= 11 is 1.21. The second kappa shape index (κ2) is 10.1. The summed E-state index contributed by atoms with van der Waals surface area (Å²) in [6.45, 7) is 6.91. The summed E-state index contributed by atoms with van der Waals surface area (Å²) < 4.78 is 11.1. The lowest BCUT2D eigenvalue weighted by atomic mass is 9.99. The smallest absolute Gasteiger partial charge is 0.277 e. The SMILES string of the molecule is CCOc1ccc(-c2nnc(SCC(=O)Nc3ccc([C@H](C)CC)cc3)o2)cc1. The van der Waals surface area contributed by atoms with E-state index in [-0.39, 0.29) is 11.7 Å². The van der Waals surface area contributed by atoms with Gasteiger partial charge in [0.25, 0.3) is 5.22 Å². The molecule has 0 aliphatic rings. The van der Waals surface area contributed by atoms with Crippen LogP contribution in [0.2, 0.25) is 0 Å². The Labute approximate surface area is 175 Å². The van der Waals surface area contributed by atoms with Crippen LogP contribution in [0.1, 0.15) is 38.7 Å². The van der Waals surface area contributed by atoms with E-state index in [0.717, 1.165) is 23.4 Å². The predicted octanol–water partition coefficient (Wildman–Crippen LogP) is 5.38. The molecule has 1 N–H and O–H groups in total. The second-order valence-corrected chi connectivity index (χ2v) is 7.53. The van der Waals surface area contributed by atoms with Crippen LogP contribution in [0.3, 0.4) is 0 Å². The number of anilines is 1. The van der Waals surface area contributed by atoms with Gasteiger partial charge in [0, 0.05) is 11.3 Å². The van der Waals surface area contributed by atoms with Crippen molar-refractivity contribution in [2.45, 2.75) is 38.3 Å². The molecule has 6 nitrogen and oxygen atoms in total. The van der Waals surface area contributed by atoms with Crippen LogP contribution in [-0.4, -0.2) is 28.5 Å². The Balaban J connectivity index is 1.52. The fourth-order valence-electron chi connectivity index (χ4n) is 2.70. The molecule has 0 unspecified atom stereocenters. The van der Waals surface area contributed by atoms with Crippen molar-refractivity contribution in [3.63, 3.8) is 0 Å². The zero-order valence-electron chi connectivity index (χ0n) is 16.8. The highest BCUT2D eigenvalue weighted by atomic mass is 32.2. The number of thioether (sulfide) groups is 1. The summed E-state index contributed by atoms with van der Waals surface area (Å²) in [6.07, 6.45) is 1.09. The van der Waals surface area contributed by atoms with Crippen molar-refractivity contribution in [3.8, 4) is 17.2 Å². The Morgan fingerprint density at radius 3 is 2.48 bits per heavy atom. The molecule has 0 aliphatic carbocycles. The van der Waals surface area contributed by atoms with Crippen LogP contribution in [0.25, 0.3) is 11.5 Å². The zero-order valence-corrected chi connectivity index (χ0v) is 17.7. The molecule has 7 heteroatoms. The van der Waals surface area contributed by atoms with Gasteiger partial charge < -0.3 is 14.5 Å².